The highest BCUT2D eigenvalue weighted by atomic mass is 16.5. The summed E-state index contributed by atoms with van der Waals surface area (Å²) in [4.78, 5) is 24.6. The fraction of sp³-hybridized carbons (Fsp3) is 0.333. The summed E-state index contributed by atoms with van der Waals surface area (Å²) in [5, 5.41) is 5.88. The summed E-state index contributed by atoms with van der Waals surface area (Å²) in [6, 6.07) is 7.32. The summed E-state index contributed by atoms with van der Waals surface area (Å²) in [5.41, 5.74) is 1.22. The quantitative estimate of drug-likeness (QED) is 0.746. The molecule has 0 bridgehead atoms. The zero-order valence-electron chi connectivity index (χ0n) is 12.7. The number of carbonyl (C=O) groups excluding carboxylic acids is 1. The van der Waals surface area contributed by atoms with Crippen LogP contribution < -0.4 is 10.6 Å². The van der Waals surface area contributed by atoms with Crippen molar-refractivity contribution in [2.24, 2.45) is 0 Å². The highest BCUT2D eigenvalue weighted by molar-refractivity contribution is 5.92. The molecule has 0 aliphatic carbocycles. The van der Waals surface area contributed by atoms with E-state index in [0.717, 1.165) is 5.69 Å². The Labute approximate surface area is 129 Å². The van der Waals surface area contributed by atoms with E-state index in [1.165, 1.54) is 0 Å². The predicted molar refractivity (Wildman–Crippen MR) is 82.5 cm³/mol. The Morgan fingerprint density at radius 2 is 2.18 bits per heavy atom. The van der Waals surface area contributed by atoms with Gasteiger partial charge in [-0.05, 0) is 19.1 Å². The number of hydrogen-bond acceptors (Lipinski definition) is 6. The molecule has 2 aromatic rings. The van der Waals surface area contributed by atoms with Crippen LogP contribution in [0.2, 0.25) is 0 Å². The van der Waals surface area contributed by atoms with E-state index in [9.17, 15) is 4.79 Å². The first-order valence-electron chi connectivity index (χ1n) is 6.95. The molecule has 0 unspecified atom stereocenters. The van der Waals surface area contributed by atoms with Gasteiger partial charge in [-0.1, -0.05) is 6.07 Å². The van der Waals surface area contributed by atoms with Gasteiger partial charge in [-0.2, -0.15) is 0 Å². The second-order valence-electron chi connectivity index (χ2n) is 4.61. The highest BCUT2D eigenvalue weighted by Gasteiger charge is 2.10. The van der Waals surface area contributed by atoms with Crippen LogP contribution in [0.3, 0.4) is 0 Å². The molecule has 0 aromatic carbocycles. The summed E-state index contributed by atoms with van der Waals surface area (Å²) < 4.78 is 4.90. The monoisotopic (exact) mass is 301 g/mol. The van der Waals surface area contributed by atoms with E-state index in [1.807, 2.05) is 18.2 Å². The third kappa shape index (κ3) is 4.78. The number of anilines is 1. The van der Waals surface area contributed by atoms with Gasteiger partial charge in [0.05, 0.1) is 18.8 Å². The van der Waals surface area contributed by atoms with Crippen molar-refractivity contribution in [3.63, 3.8) is 0 Å². The van der Waals surface area contributed by atoms with Crippen LogP contribution in [0.5, 0.6) is 0 Å². The van der Waals surface area contributed by atoms with Gasteiger partial charge in [-0.25, -0.2) is 9.97 Å². The Balaban J connectivity index is 2.01. The number of ether oxygens (including phenoxy) is 1. The van der Waals surface area contributed by atoms with Gasteiger partial charge >= 0.3 is 0 Å². The number of aryl methyl sites for hydroxylation is 1. The van der Waals surface area contributed by atoms with E-state index < -0.39 is 0 Å². The van der Waals surface area contributed by atoms with Crippen LogP contribution in [0.25, 0.3) is 0 Å². The normalized spacial score (nSPS) is 10.3. The van der Waals surface area contributed by atoms with Crippen molar-refractivity contribution in [3.8, 4) is 0 Å². The van der Waals surface area contributed by atoms with Crippen LogP contribution in [0.1, 0.15) is 22.0 Å². The molecule has 22 heavy (non-hydrogen) atoms. The number of methoxy groups -OCH3 is 1. The van der Waals surface area contributed by atoms with E-state index >= 15 is 0 Å². The average molecular weight is 301 g/mol. The van der Waals surface area contributed by atoms with Crippen molar-refractivity contribution in [1.29, 1.82) is 0 Å². The molecule has 0 radical (unpaired) electrons. The third-order valence-corrected chi connectivity index (χ3v) is 2.84. The number of nitrogens with zero attached hydrogens (tertiary/aromatic N) is 3. The first-order valence-corrected chi connectivity index (χ1v) is 6.95. The predicted octanol–water partition coefficient (Wildman–Crippen LogP) is 1.17. The summed E-state index contributed by atoms with van der Waals surface area (Å²) in [6.07, 6.45) is 1.73. The molecule has 0 spiro atoms. The zero-order chi connectivity index (χ0) is 15.8. The Bertz CT molecular complexity index is 619. The van der Waals surface area contributed by atoms with Crippen molar-refractivity contribution in [2.75, 3.05) is 25.6 Å². The van der Waals surface area contributed by atoms with Gasteiger partial charge in [-0.3, -0.25) is 9.78 Å². The molecular weight excluding hydrogens is 282 g/mol. The van der Waals surface area contributed by atoms with Gasteiger partial charge in [0.25, 0.3) is 5.91 Å². The van der Waals surface area contributed by atoms with E-state index in [-0.39, 0.29) is 5.91 Å². The van der Waals surface area contributed by atoms with Gasteiger partial charge < -0.3 is 15.4 Å². The van der Waals surface area contributed by atoms with Crippen LogP contribution in [0.4, 0.5) is 5.82 Å². The molecule has 0 aliphatic rings. The second-order valence-corrected chi connectivity index (χ2v) is 4.61. The molecule has 116 valence electrons. The summed E-state index contributed by atoms with van der Waals surface area (Å²) in [7, 11) is 1.58. The maximum absolute atomic E-state index is 12.0. The molecular formula is C15H19N5O2. The molecule has 2 aromatic heterocycles. The maximum Gasteiger partial charge on any atom is 0.270 e. The summed E-state index contributed by atoms with van der Waals surface area (Å²) in [5.74, 6) is 0.876. The average Bonchev–Trinajstić information content (AvgIpc) is 2.53. The third-order valence-electron chi connectivity index (χ3n) is 2.84. The Kier molecular flexibility index (Phi) is 5.79. The minimum absolute atomic E-state index is 0.247. The van der Waals surface area contributed by atoms with E-state index in [1.54, 1.807) is 26.3 Å². The molecule has 2 rings (SSSR count). The zero-order valence-corrected chi connectivity index (χ0v) is 12.7. The van der Waals surface area contributed by atoms with Crippen LogP contribution >= 0.6 is 0 Å². The lowest BCUT2D eigenvalue weighted by Crippen LogP contribution is -2.28. The first-order chi connectivity index (χ1) is 10.7. The maximum atomic E-state index is 12.0. The standard InChI is InChI=1S/C15H19N5O2/c1-11-19-13(15(21)17-7-8-22-2)9-14(20-11)18-10-12-5-3-4-6-16-12/h3-6,9H,7-8,10H2,1-2H3,(H,17,21)(H,18,19,20). The second kappa shape index (κ2) is 8.04. The number of carbonyl (C=O) groups is 1. The molecule has 0 saturated heterocycles. The van der Waals surface area contributed by atoms with Crippen molar-refractivity contribution in [3.05, 3.63) is 47.7 Å². The largest absolute Gasteiger partial charge is 0.383 e. The summed E-state index contributed by atoms with van der Waals surface area (Å²) >= 11 is 0. The van der Waals surface area contributed by atoms with Crippen LogP contribution in [0.15, 0.2) is 30.5 Å². The van der Waals surface area contributed by atoms with Crippen LogP contribution in [-0.4, -0.2) is 41.1 Å². The van der Waals surface area contributed by atoms with Gasteiger partial charge in [0.15, 0.2) is 0 Å². The SMILES string of the molecule is COCCNC(=O)c1cc(NCc2ccccn2)nc(C)n1. The van der Waals surface area contributed by atoms with Crippen molar-refractivity contribution >= 4 is 11.7 Å². The van der Waals surface area contributed by atoms with Crippen LogP contribution in [-0.2, 0) is 11.3 Å². The number of rotatable bonds is 7. The number of amides is 1. The smallest absolute Gasteiger partial charge is 0.270 e. The van der Waals surface area contributed by atoms with E-state index in [2.05, 4.69) is 25.6 Å². The Morgan fingerprint density at radius 1 is 1.32 bits per heavy atom. The minimum Gasteiger partial charge on any atom is -0.383 e. The van der Waals surface area contributed by atoms with Gasteiger partial charge in [0.2, 0.25) is 0 Å². The van der Waals surface area contributed by atoms with E-state index in [4.69, 9.17) is 4.74 Å². The van der Waals surface area contributed by atoms with Crippen LogP contribution in [0, 0.1) is 6.92 Å². The van der Waals surface area contributed by atoms with Crippen molar-refractivity contribution < 1.29 is 9.53 Å². The molecule has 1 amide bonds. The molecule has 2 heterocycles. The summed E-state index contributed by atoms with van der Waals surface area (Å²) in [6.45, 7) is 3.18. The lowest BCUT2D eigenvalue weighted by atomic mass is 10.3. The molecule has 0 saturated carbocycles. The molecule has 7 nitrogen and oxygen atoms in total. The number of pyridine rings is 1. The van der Waals surface area contributed by atoms with Gasteiger partial charge in [0.1, 0.15) is 17.3 Å². The minimum atomic E-state index is -0.247. The number of nitrogens with one attached hydrogen (secondary N) is 2. The van der Waals surface area contributed by atoms with Gasteiger partial charge in [0, 0.05) is 25.9 Å². The van der Waals surface area contributed by atoms with Crippen molar-refractivity contribution in [1.82, 2.24) is 20.3 Å². The number of aromatic nitrogens is 3. The fourth-order valence-electron chi connectivity index (χ4n) is 1.82. The molecule has 0 aliphatic heterocycles. The molecule has 0 fully saturated rings. The highest BCUT2D eigenvalue weighted by Crippen LogP contribution is 2.08. The lowest BCUT2D eigenvalue weighted by Gasteiger charge is -2.09. The van der Waals surface area contributed by atoms with Gasteiger partial charge in [-0.15, -0.1) is 0 Å². The first kappa shape index (κ1) is 15.8. The molecule has 0 atom stereocenters. The Hall–Kier alpha value is -2.54. The molecule has 2 N–H and O–H groups in total. The Morgan fingerprint density at radius 3 is 2.91 bits per heavy atom. The van der Waals surface area contributed by atoms with Crippen molar-refractivity contribution in [2.45, 2.75) is 13.5 Å². The van der Waals surface area contributed by atoms with E-state index in [0.29, 0.717) is 37.0 Å². The fourth-order valence-corrected chi connectivity index (χ4v) is 1.82. The molecule has 7 heteroatoms. The number of hydrogen-bond donors (Lipinski definition) is 2. The topological polar surface area (TPSA) is 89.0 Å². The lowest BCUT2D eigenvalue weighted by molar-refractivity contribution is 0.0932.